The zero-order valence-corrected chi connectivity index (χ0v) is 12.4. The minimum atomic E-state index is -0.534. The molecule has 8 heteroatoms. The first-order valence-electron chi connectivity index (χ1n) is 6.89. The summed E-state index contributed by atoms with van der Waals surface area (Å²) >= 11 is 5.59. The minimum Gasteiger partial charge on any atom is -0.350 e. The molecule has 1 saturated carbocycles. The topological polar surface area (TPSA) is 68.9 Å². The quantitative estimate of drug-likeness (QED) is 0.906. The van der Waals surface area contributed by atoms with Gasteiger partial charge >= 0.3 is 5.69 Å². The van der Waals surface area contributed by atoms with Crippen molar-refractivity contribution in [1.29, 1.82) is 0 Å². The van der Waals surface area contributed by atoms with Gasteiger partial charge in [0.1, 0.15) is 18.7 Å². The molecule has 6 nitrogen and oxygen atoms in total. The number of nitrogens with zero attached hydrogens (tertiary/aromatic N) is 3. The van der Waals surface area contributed by atoms with E-state index in [2.05, 4.69) is 10.4 Å². The molecule has 1 amide bonds. The summed E-state index contributed by atoms with van der Waals surface area (Å²) in [6, 6.07) is 4.54. The van der Waals surface area contributed by atoms with E-state index in [-0.39, 0.29) is 35.8 Å². The lowest BCUT2D eigenvalue weighted by Gasteiger charge is -2.05. The molecule has 1 aromatic carbocycles. The molecule has 1 aromatic heterocycles. The summed E-state index contributed by atoms with van der Waals surface area (Å²) in [6.45, 7) is -0.000366. The summed E-state index contributed by atoms with van der Waals surface area (Å²) in [7, 11) is 0. The molecule has 3 rings (SSSR count). The Morgan fingerprint density at radius 2 is 2.23 bits per heavy atom. The van der Waals surface area contributed by atoms with E-state index in [9.17, 15) is 14.0 Å². The highest BCUT2D eigenvalue weighted by Crippen LogP contribution is 2.32. The Bertz CT molecular complexity index is 766. The maximum atomic E-state index is 13.3. The molecule has 1 aliphatic rings. The van der Waals surface area contributed by atoms with E-state index in [1.165, 1.54) is 18.5 Å². The zero-order valence-electron chi connectivity index (χ0n) is 11.6. The van der Waals surface area contributed by atoms with Crippen molar-refractivity contribution in [2.24, 2.45) is 0 Å². The van der Waals surface area contributed by atoms with Crippen molar-refractivity contribution in [3.63, 3.8) is 0 Å². The highest BCUT2D eigenvalue weighted by atomic mass is 35.5. The third kappa shape index (κ3) is 3.19. The van der Waals surface area contributed by atoms with Crippen LogP contribution < -0.4 is 11.0 Å². The molecule has 0 radical (unpaired) electrons. The van der Waals surface area contributed by atoms with E-state index < -0.39 is 5.82 Å². The minimum absolute atomic E-state index is 0.0345. The van der Waals surface area contributed by atoms with Crippen molar-refractivity contribution in [1.82, 2.24) is 19.7 Å². The van der Waals surface area contributed by atoms with Crippen molar-refractivity contribution in [3.05, 3.63) is 51.4 Å². The maximum Gasteiger partial charge on any atom is 0.346 e. The van der Waals surface area contributed by atoms with Crippen LogP contribution in [0.25, 0.3) is 0 Å². The highest BCUT2D eigenvalue weighted by Gasteiger charge is 2.26. The third-order valence-electron chi connectivity index (χ3n) is 3.46. The smallest absolute Gasteiger partial charge is 0.346 e. The second-order valence-electron chi connectivity index (χ2n) is 5.23. The second kappa shape index (κ2) is 5.92. The number of hydrogen-bond donors (Lipinski definition) is 1. The van der Waals surface area contributed by atoms with Gasteiger partial charge in [-0.1, -0.05) is 17.7 Å². The Labute approximate surface area is 130 Å². The average Bonchev–Trinajstić information content (AvgIpc) is 3.27. The molecule has 0 aliphatic heterocycles. The standard InChI is InChI=1S/C14H14ClFN4O2/c15-11-4-1-9(5-12(11)16)6-17-13(21)7-20-14(22)19(8-18-20)10-2-3-10/h1,4-5,8,10H,2-3,6-7H2,(H,17,21). The van der Waals surface area contributed by atoms with Gasteiger partial charge in [-0.2, -0.15) is 5.10 Å². The van der Waals surface area contributed by atoms with Gasteiger partial charge in [-0.3, -0.25) is 9.36 Å². The molecule has 0 bridgehead atoms. The molecule has 2 aromatic rings. The van der Waals surface area contributed by atoms with Crippen LogP contribution in [-0.4, -0.2) is 20.3 Å². The largest absolute Gasteiger partial charge is 0.350 e. The fraction of sp³-hybridized carbons (Fsp3) is 0.357. The first kappa shape index (κ1) is 14.8. The second-order valence-corrected chi connectivity index (χ2v) is 5.64. The summed E-state index contributed by atoms with van der Waals surface area (Å²) in [4.78, 5) is 23.8. The van der Waals surface area contributed by atoms with E-state index in [1.807, 2.05) is 0 Å². The third-order valence-corrected chi connectivity index (χ3v) is 3.77. The molecule has 0 atom stereocenters. The summed E-state index contributed by atoms with van der Waals surface area (Å²) in [6.07, 6.45) is 3.40. The van der Waals surface area contributed by atoms with Crippen molar-refractivity contribution in [3.8, 4) is 0 Å². The number of nitrogens with one attached hydrogen (secondary N) is 1. The fourth-order valence-electron chi connectivity index (χ4n) is 2.10. The van der Waals surface area contributed by atoms with Crippen molar-refractivity contribution in [2.45, 2.75) is 32.0 Å². The van der Waals surface area contributed by atoms with Gasteiger partial charge in [0.15, 0.2) is 0 Å². The van der Waals surface area contributed by atoms with Crippen LogP contribution in [0.15, 0.2) is 29.3 Å². The molecule has 0 unspecified atom stereocenters. The Hall–Kier alpha value is -2.15. The van der Waals surface area contributed by atoms with E-state index in [1.54, 1.807) is 10.6 Å². The molecule has 1 N–H and O–H groups in total. The molecular formula is C14H14ClFN4O2. The van der Waals surface area contributed by atoms with E-state index in [0.717, 1.165) is 17.5 Å². The molecular weight excluding hydrogens is 311 g/mol. The Morgan fingerprint density at radius 1 is 1.45 bits per heavy atom. The number of benzene rings is 1. The van der Waals surface area contributed by atoms with Crippen LogP contribution in [0.4, 0.5) is 4.39 Å². The number of amides is 1. The van der Waals surface area contributed by atoms with Crippen LogP contribution in [0.1, 0.15) is 24.4 Å². The van der Waals surface area contributed by atoms with Crippen molar-refractivity contribution >= 4 is 17.5 Å². The predicted octanol–water partition coefficient (Wildman–Crippen LogP) is 1.49. The molecule has 0 saturated heterocycles. The summed E-state index contributed by atoms with van der Waals surface area (Å²) in [5.41, 5.74) is 0.307. The van der Waals surface area contributed by atoms with Gasteiger partial charge in [0, 0.05) is 12.6 Å². The lowest BCUT2D eigenvalue weighted by Crippen LogP contribution is -2.33. The van der Waals surface area contributed by atoms with Crippen LogP contribution in [0, 0.1) is 5.82 Å². The maximum absolute atomic E-state index is 13.3. The first-order chi connectivity index (χ1) is 10.5. The Morgan fingerprint density at radius 3 is 2.91 bits per heavy atom. The summed E-state index contributed by atoms with van der Waals surface area (Å²) < 4.78 is 15.9. The van der Waals surface area contributed by atoms with Gasteiger partial charge in [-0.15, -0.1) is 0 Å². The normalized spacial score (nSPS) is 14.1. The SMILES string of the molecule is O=C(Cn1ncn(C2CC2)c1=O)NCc1ccc(Cl)c(F)c1. The summed E-state index contributed by atoms with van der Waals surface area (Å²) in [5.74, 6) is -0.897. The molecule has 22 heavy (non-hydrogen) atoms. The van der Waals surface area contributed by atoms with Crippen LogP contribution in [0.3, 0.4) is 0 Å². The van der Waals surface area contributed by atoms with Gasteiger partial charge in [-0.25, -0.2) is 13.9 Å². The molecule has 1 aliphatic carbocycles. The molecule has 1 fully saturated rings. The lowest BCUT2D eigenvalue weighted by atomic mass is 10.2. The number of rotatable bonds is 5. The first-order valence-corrected chi connectivity index (χ1v) is 7.27. The Kier molecular flexibility index (Phi) is 3.98. The fourth-order valence-corrected chi connectivity index (χ4v) is 2.22. The van der Waals surface area contributed by atoms with Gasteiger partial charge in [0.05, 0.1) is 5.02 Å². The van der Waals surface area contributed by atoms with E-state index in [0.29, 0.717) is 5.56 Å². The average molecular weight is 325 g/mol. The number of aromatic nitrogens is 3. The molecule has 1 heterocycles. The number of halogens is 2. The van der Waals surface area contributed by atoms with E-state index in [4.69, 9.17) is 11.6 Å². The lowest BCUT2D eigenvalue weighted by molar-refractivity contribution is -0.122. The number of hydrogen-bond acceptors (Lipinski definition) is 3. The Balaban J connectivity index is 1.58. The van der Waals surface area contributed by atoms with Crippen molar-refractivity contribution in [2.75, 3.05) is 0 Å². The van der Waals surface area contributed by atoms with Crippen LogP contribution >= 0.6 is 11.6 Å². The molecule has 116 valence electrons. The highest BCUT2D eigenvalue weighted by molar-refractivity contribution is 6.30. The van der Waals surface area contributed by atoms with Gasteiger partial charge in [-0.05, 0) is 30.5 Å². The van der Waals surface area contributed by atoms with E-state index >= 15 is 0 Å². The summed E-state index contributed by atoms with van der Waals surface area (Å²) in [5, 5.41) is 6.58. The van der Waals surface area contributed by atoms with Crippen molar-refractivity contribution < 1.29 is 9.18 Å². The monoisotopic (exact) mass is 324 g/mol. The number of carbonyl (C=O) groups is 1. The molecule has 0 spiro atoms. The van der Waals surface area contributed by atoms with Gasteiger partial charge < -0.3 is 5.32 Å². The predicted molar refractivity (Wildman–Crippen MR) is 78.0 cm³/mol. The van der Waals surface area contributed by atoms with Crippen LogP contribution in [0.5, 0.6) is 0 Å². The van der Waals surface area contributed by atoms with Gasteiger partial charge in [0.2, 0.25) is 5.91 Å². The zero-order chi connectivity index (χ0) is 15.7. The van der Waals surface area contributed by atoms with Crippen LogP contribution in [-0.2, 0) is 17.9 Å². The van der Waals surface area contributed by atoms with Crippen LogP contribution in [0.2, 0.25) is 5.02 Å². The van der Waals surface area contributed by atoms with Gasteiger partial charge in [0.25, 0.3) is 0 Å². The number of carbonyl (C=O) groups excluding carboxylic acids is 1.